The van der Waals surface area contributed by atoms with Gasteiger partial charge < -0.3 is 10.2 Å². The van der Waals surface area contributed by atoms with Crippen molar-refractivity contribution in [2.24, 2.45) is 5.41 Å². The number of carboxylic acid groups (broad SMARTS) is 1. The molecule has 0 aromatic heterocycles. The summed E-state index contributed by atoms with van der Waals surface area (Å²) in [6, 6.07) is 6.47. The third-order valence-electron chi connectivity index (χ3n) is 2.71. The Morgan fingerprint density at radius 1 is 1.38 bits per heavy atom. The maximum atomic E-state index is 12.6. The number of halogens is 1. The topological polar surface area (TPSA) is 57.5 Å². The van der Waals surface area contributed by atoms with Crippen LogP contribution < -0.4 is 0 Å². The zero-order valence-corrected chi connectivity index (χ0v) is 9.11. The second-order valence-electron chi connectivity index (χ2n) is 4.17. The van der Waals surface area contributed by atoms with E-state index in [1.165, 1.54) is 19.1 Å². The monoisotopic (exact) mass is 226 g/mol. The van der Waals surface area contributed by atoms with E-state index in [0.29, 0.717) is 6.42 Å². The van der Waals surface area contributed by atoms with Crippen molar-refractivity contribution in [2.75, 3.05) is 6.67 Å². The van der Waals surface area contributed by atoms with Crippen LogP contribution in [-0.2, 0) is 11.2 Å². The number of aliphatic carboxylic acids is 1. The molecular weight excluding hydrogens is 211 g/mol. The highest BCUT2D eigenvalue weighted by Crippen LogP contribution is 2.25. The van der Waals surface area contributed by atoms with Gasteiger partial charge in [0.15, 0.2) is 0 Å². The number of hydrogen-bond donors (Lipinski definition) is 2. The van der Waals surface area contributed by atoms with E-state index in [-0.39, 0.29) is 12.2 Å². The standard InChI is InChI=1S/C12H15FO3/c1-12(8-13,11(15)16)7-6-9-2-4-10(14)5-3-9/h2-5,14H,6-8H2,1H3,(H,15,16). The van der Waals surface area contributed by atoms with E-state index in [1.807, 2.05) is 0 Å². The third-order valence-corrected chi connectivity index (χ3v) is 2.71. The minimum Gasteiger partial charge on any atom is -0.508 e. The largest absolute Gasteiger partial charge is 0.508 e. The SMILES string of the molecule is CC(CF)(CCc1ccc(O)cc1)C(=O)O. The van der Waals surface area contributed by atoms with Crippen molar-refractivity contribution in [3.05, 3.63) is 29.8 Å². The summed E-state index contributed by atoms with van der Waals surface area (Å²) in [5.41, 5.74) is -0.434. The van der Waals surface area contributed by atoms with Gasteiger partial charge in [-0.2, -0.15) is 0 Å². The summed E-state index contributed by atoms with van der Waals surface area (Å²) >= 11 is 0. The van der Waals surface area contributed by atoms with Crippen LogP contribution in [0.4, 0.5) is 4.39 Å². The fourth-order valence-electron chi connectivity index (χ4n) is 1.31. The smallest absolute Gasteiger partial charge is 0.312 e. The first-order valence-corrected chi connectivity index (χ1v) is 5.05. The lowest BCUT2D eigenvalue weighted by atomic mass is 9.85. The van der Waals surface area contributed by atoms with Gasteiger partial charge in [-0.15, -0.1) is 0 Å². The van der Waals surface area contributed by atoms with Crippen molar-refractivity contribution >= 4 is 5.97 Å². The van der Waals surface area contributed by atoms with Gasteiger partial charge in [-0.05, 0) is 37.5 Å². The summed E-state index contributed by atoms with van der Waals surface area (Å²) in [5, 5.41) is 17.9. The lowest BCUT2D eigenvalue weighted by Gasteiger charge is -2.20. The number of rotatable bonds is 5. The first kappa shape index (κ1) is 12.5. The van der Waals surface area contributed by atoms with E-state index < -0.39 is 18.1 Å². The summed E-state index contributed by atoms with van der Waals surface area (Å²) < 4.78 is 12.6. The highest BCUT2D eigenvalue weighted by Gasteiger charge is 2.32. The molecule has 1 aromatic rings. The molecule has 1 aromatic carbocycles. The van der Waals surface area contributed by atoms with Crippen LogP contribution in [0.1, 0.15) is 18.9 Å². The number of alkyl halides is 1. The predicted octanol–water partition coefficient (Wildman–Crippen LogP) is 2.39. The van der Waals surface area contributed by atoms with Crippen molar-refractivity contribution in [1.29, 1.82) is 0 Å². The highest BCUT2D eigenvalue weighted by molar-refractivity contribution is 5.74. The molecule has 0 aliphatic rings. The van der Waals surface area contributed by atoms with Gasteiger partial charge in [0.1, 0.15) is 12.4 Å². The van der Waals surface area contributed by atoms with Gasteiger partial charge in [0, 0.05) is 0 Å². The lowest BCUT2D eigenvalue weighted by molar-refractivity contribution is -0.149. The number of aromatic hydroxyl groups is 1. The zero-order chi connectivity index (χ0) is 12.2. The first-order chi connectivity index (χ1) is 7.48. The number of carbonyl (C=O) groups is 1. The second kappa shape index (κ2) is 4.96. The lowest BCUT2D eigenvalue weighted by Crippen LogP contribution is -2.30. The molecule has 0 spiro atoms. The van der Waals surface area contributed by atoms with E-state index in [0.717, 1.165) is 5.56 Å². The van der Waals surface area contributed by atoms with Crippen molar-refractivity contribution < 1.29 is 19.4 Å². The van der Waals surface area contributed by atoms with Gasteiger partial charge in [-0.1, -0.05) is 12.1 Å². The van der Waals surface area contributed by atoms with E-state index in [9.17, 15) is 9.18 Å². The van der Waals surface area contributed by atoms with Crippen LogP contribution in [0.2, 0.25) is 0 Å². The van der Waals surface area contributed by atoms with Crippen molar-refractivity contribution in [3.8, 4) is 5.75 Å². The highest BCUT2D eigenvalue weighted by atomic mass is 19.1. The number of hydrogen-bond acceptors (Lipinski definition) is 2. The molecule has 0 amide bonds. The molecule has 0 bridgehead atoms. The maximum Gasteiger partial charge on any atom is 0.312 e. The average molecular weight is 226 g/mol. The second-order valence-corrected chi connectivity index (χ2v) is 4.17. The molecule has 4 heteroatoms. The summed E-state index contributed by atoms with van der Waals surface area (Å²) in [5.74, 6) is -0.955. The number of benzene rings is 1. The molecule has 3 nitrogen and oxygen atoms in total. The molecule has 0 heterocycles. The fraction of sp³-hybridized carbons (Fsp3) is 0.417. The molecule has 88 valence electrons. The maximum absolute atomic E-state index is 12.6. The Bertz CT molecular complexity index is 361. The van der Waals surface area contributed by atoms with Crippen molar-refractivity contribution in [1.82, 2.24) is 0 Å². The summed E-state index contributed by atoms with van der Waals surface area (Å²) in [6.07, 6.45) is 0.719. The van der Waals surface area contributed by atoms with E-state index >= 15 is 0 Å². The minimum atomic E-state index is -1.32. The predicted molar refractivity (Wildman–Crippen MR) is 58.1 cm³/mol. The molecule has 16 heavy (non-hydrogen) atoms. The summed E-state index contributed by atoms with van der Waals surface area (Å²) in [7, 11) is 0. The van der Waals surface area contributed by atoms with Gasteiger partial charge in [-0.25, -0.2) is 4.39 Å². The van der Waals surface area contributed by atoms with Crippen LogP contribution in [0.5, 0.6) is 5.75 Å². The van der Waals surface area contributed by atoms with Crippen molar-refractivity contribution in [2.45, 2.75) is 19.8 Å². The van der Waals surface area contributed by atoms with Gasteiger partial charge in [0.2, 0.25) is 0 Å². The molecule has 0 aliphatic heterocycles. The Morgan fingerprint density at radius 2 is 1.94 bits per heavy atom. The number of carboxylic acids is 1. The molecule has 0 saturated carbocycles. The van der Waals surface area contributed by atoms with Crippen LogP contribution in [-0.4, -0.2) is 22.9 Å². The molecule has 0 fully saturated rings. The number of aryl methyl sites for hydroxylation is 1. The van der Waals surface area contributed by atoms with Crippen LogP contribution in [0.15, 0.2) is 24.3 Å². The van der Waals surface area contributed by atoms with Crippen LogP contribution in [0, 0.1) is 5.41 Å². The Labute approximate surface area is 93.5 Å². The van der Waals surface area contributed by atoms with Crippen LogP contribution in [0.3, 0.4) is 0 Å². The van der Waals surface area contributed by atoms with Crippen LogP contribution >= 0.6 is 0 Å². The average Bonchev–Trinajstić information content (AvgIpc) is 2.27. The Morgan fingerprint density at radius 3 is 2.38 bits per heavy atom. The quantitative estimate of drug-likeness (QED) is 0.810. The van der Waals surface area contributed by atoms with Crippen LogP contribution in [0.25, 0.3) is 0 Å². The summed E-state index contributed by atoms with van der Waals surface area (Å²) in [4.78, 5) is 10.8. The van der Waals surface area contributed by atoms with Gasteiger partial charge in [0.05, 0.1) is 5.41 Å². The molecule has 1 rings (SSSR count). The molecular formula is C12H15FO3. The number of phenols is 1. The Hall–Kier alpha value is -1.58. The Balaban J connectivity index is 2.63. The molecule has 1 unspecified atom stereocenters. The molecule has 0 radical (unpaired) electrons. The van der Waals surface area contributed by atoms with Gasteiger partial charge in [0.25, 0.3) is 0 Å². The van der Waals surface area contributed by atoms with E-state index in [1.54, 1.807) is 12.1 Å². The van der Waals surface area contributed by atoms with Crippen molar-refractivity contribution in [3.63, 3.8) is 0 Å². The van der Waals surface area contributed by atoms with E-state index in [2.05, 4.69) is 0 Å². The molecule has 1 atom stereocenters. The Kier molecular flexibility index (Phi) is 3.88. The first-order valence-electron chi connectivity index (χ1n) is 5.05. The van der Waals surface area contributed by atoms with Gasteiger partial charge in [-0.3, -0.25) is 4.79 Å². The summed E-state index contributed by atoms with van der Waals surface area (Å²) in [6.45, 7) is 0.524. The van der Waals surface area contributed by atoms with E-state index in [4.69, 9.17) is 10.2 Å². The normalized spacial score (nSPS) is 14.4. The van der Waals surface area contributed by atoms with Gasteiger partial charge >= 0.3 is 5.97 Å². The zero-order valence-electron chi connectivity index (χ0n) is 9.11. The molecule has 0 aliphatic carbocycles. The minimum absolute atomic E-state index is 0.162. The molecule has 2 N–H and O–H groups in total. The molecule has 0 saturated heterocycles. The fourth-order valence-corrected chi connectivity index (χ4v) is 1.31. The third kappa shape index (κ3) is 2.95. The number of phenolic OH excluding ortho intramolecular Hbond substituents is 1.